The molecule has 0 amide bonds. The van der Waals surface area contributed by atoms with E-state index < -0.39 is 0 Å². The van der Waals surface area contributed by atoms with Crippen molar-refractivity contribution in [2.45, 2.75) is 40.0 Å². The fourth-order valence-corrected chi connectivity index (χ4v) is 3.26. The summed E-state index contributed by atoms with van der Waals surface area (Å²) in [7, 11) is 0. The normalized spacial score (nSPS) is 36.9. The molecule has 0 aromatic heterocycles. The van der Waals surface area contributed by atoms with E-state index in [1.165, 1.54) is 6.42 Å². The number of carbonyl (C=O) groups excluding carboxylic acids is 1. The average Bonchev–Trinajstić information content (AvgIpc) is 2.65. The van der Waals surface area contributed by atoms with Crippen LogP contribution in [0.4, 0.5) is 0 Å². The molecule has 2 bridgehead atoms. The van der Waals surface area contributed by atoms with Crippen molar-refractivity contribution in [1.29, 1.82) is 0 Å². The predicted octanol–water partition coefficient (Wildman–Crippen LogP) is 2.54. The number of carbonyl (C=O) groups is 1. The fraction of sp³-hybridized carbons (Fsp3) is 0.786. The quantitative estimate of drug-likeness (QED) is 0.635. The molecule has 2 aliphatic carbocycles. The van der Waals surface area contributed by atoms with E-state index >= 15 is 0 Å². The highest BCUT2D eigenvalue weighted by molar-refractivity contribution is 6.16. The van der Waals surface area contributed by atoms with Gasteiger partial charge in [0.15, 0.2) is 0 Å². The van der Waals surface area contributed by atoms with E-state index in [1.54, 1.807) is 12.4 Å². The van der Waals surface area contributed by atoms with Crippen LogP contribution in [0.25, 0.3) is 0 Å². The van der Waals surface area contributed by atoms with Crippen LogP contribution in [-0.2, 0) is 4.79 Å². The van der Waals surface area contributed by atoms with Crippen LogP contribution in [0.2, 0.25) is 0 Å². The molecule has 3 nitrogen and oxygen atoms in total. The summed E-state index contributed by atoms with van der Waals surface area (Å²) in [4.78, 5) is 19.4. The Labute approximate surface area is 103 Å². The number of hydrogen-bond donors (Lipinski definition) is 0. The summed E-state index contributed by atoms with van der Waals surface area (Å²) in [5, 5.41) is 0. The molecule has 17 heavy (non-hydrogen) atoms. The van der Waals surface area contributed by atoms with Gasteiger partial charge in [-0.2, -0.15) is 0 Å². The van der Waals surface area contributed by atoms with Crippen molar-refractivity contribution in [2.75, 3.05) is 13.1 Å². The molecule has 0 aromatic carbocycles. The Balaban J connectivity index is 0.000000153. The molecular weight excluding hydrogens is 212 g/mol. The summed E-state index contributed by atoms with van der Waals surface area (Å²) in [5.74, 6) is 1.19. The van der Waals surface area contributed by atoms with Crippen molar-refractivity contribution >= 4 is 18.2 Å². The van der Waals surface area contributed by atoms with Gasteiger partial charge in [0.1, 0.15) is 5.78 Å². The van der Waals surface area contributed by atoms with E-state index in [-0.39, 0.29) is 10.8 Å². The maximum atomic E-state index is 11.6. The maximum Gasteiger partial charge on any atom is 0.139 e. The molecule has 0 spiro atoms. The molecule has 0 saturated heterocycles. The first-order valence-corrected chi connectivity index (χ1v) is 6.50. The molecule has 1 heterocycles. The first-order valence-electron chi connectivity index (χ1n) is 6.50. The zero-order valence-corrected chi connectivity index (χ0v) is 11.1. The molecule has 3 heteroatoms. The molecule has 1 aliphatic heterocycles. The van der Waals surface area contributed by atoms with E-state index in [9.17, 15) is 4.79 Å². The van der Waals surface area contributed by atoms with Gasteiger partial charge in [0.2, 0.25) is 0 Å². The lowest BCUT2D eigenvalue weighted by Gasteiger charge is -2.32. The molecule has 0 radical (unpaired) electrons. The van der Waals surface area contributed by atoms with Gasteiger partial charge in [0.05, 0.1) is 13.1 Å². The lowest BCUT2D eigenvalue weighted by Crippen LogP contribution is -2.32. The second-order valence-electron chi connectivity index (χ2n) is 6.03. The number of aliphatic imine (C=N–C) groups is 2. The topological polar surface area (TPSA) is 41.8 Å². The Bertz CT molecular complexity index is 358. The van der Waals surface area contributed by atoms with E-state index in [2.05, 4.69) is 30.8 Å². The highest BCUT2D eigenvalue weighted by Gasteiger charge is 2.61. The average molecular weight is 234 g/mol. The van der Waals surface area contributed by atoms with Crippen LogP contribution < -0.4 is 0 Å². The Hall–Kier alpha value is -0.990. The standard InChI is InChI=1S/C10H16O.C4H6N2/c1-9(2)7-4-5-10(9,3)8(11)6-7;1-2-6-4-3-5-1/h7H,4-6H2,1-3H3;1-2H,3-4H2/t7-,10+;/m1./s1. The van der Waals surface area contributed by atoms with Crippen LogP contribution in [0.3, 0.4) is 0 Å². The van der Waals surface area contributed by atoms with Gasteiger partial charge in [-0.15, -0.1) is 0 Å². The SMILES string of the molecule is C1=NCCN=C1.CC1(C)[C@@H]2CC[C@@]1(C)C(=O)C2. The first kappa shape index (κ1) is 12.5. The largest absolute Gasteiger partial charge is 0.299 e. The van der Waals surface area contributed by atoms with Gasteiger partial charge in [0, 0.05) is 24.3 Å². The van der Waals surface area contributed by atoms with E-state index in [0.29, 0.717) is 11.7 Å². The molecular formula is C14H22N2O. The van der Waals surface area contributed by atoms with Crippen molar-refractivity contribution in [3.8, 4) is 0 Å². The van der Waals surface area contributed by atoms with Crippen LogP contribution in [0, 0.1) is 16.7 Å². The van der Waals surface area contributed by atoms with Gasteiger partial charge in [-0.25, -0.2) is 0 Å². The number of rotatable bonds is 0. The monoisotopic (exact) mass is 234 g/mol. The molecule has 2 fully saturated rings. The highest BCUT2D eigenvalue weighted by atomic mass is 16.1. The Morgan fingerprint density at radius 1 is 1.18 bits per heavy atom. The third kappa shape index (κ3) is 1.96. The van der Waals surface area contributed by atoms with Gasteiger partial charge in [-0.1, -0.05) is 20.8 Å². The third-order valence-electron chi connectivity index (χ3n) is 5.12. The van der Waals surface area contributed by atoms with Crippen molar-refractivity contribution in [1.82, 2.24) is 0 Å². The van der Waals surface area contributed by atoms with Crippen LogP contribution in [0.1, 0.15) is 40.0 Å². The van der Waals surface area contributed by atoms with Gasteiger partial charge in [-0.3, -0.25) is 14.8 Å². The van der Waals surface area contributed by atoms with Crippen molar-refractivity contribution in [3.63, 3.8) is 0 Å². The molecule has 2 atom stereocenters. The fourth-order valence-electron chi connectivity index (χ4n) is 3.26. The second kappa shape index (κ2) is 4.35. The Kier molecular flexibility index (Phi) is 3.19. The van der Waals surface area contributed by atoms with Crippen LogP contribution in [0.15, 0.2) is 9.98 Å². The summed E-state index contributed by atoms with van der Waals surface area (Å²) in [6, 6.07) is 0. The minimum Gasteiger partial charge on any atom is -0.299 e. The van der Waals surface area contributed by atoms with Gasteiger partial charge in [-0.05, 0) is 24.2 Å². The number of ketones is 1. The smallest absolute Gasteiger partial charge is 0.139 e. The zero-order chi connectivity index (χ0) is 12.5. The van der Waals surface area contributed by atoms with Crippen molar-refractivity contribution < 1.29 is 4.79 Å². The third-order valence-corrected chi connectivity index (χ3v) is 5.12. The number of Topliss-reactive ketones (excluding diaryl/α,β-unsaturated/α-hetero) is 1. The molecule has 0 N–H and O–H groups in total. The van der Waals surface area contributed by atoms with Gasteiger partial charge in [0.25, 0.3) is 0 Å². The van der Waals surface area contributed by atoms with Crippen LogP contribution >= 0.6 is 0 Å². The summed E-state index contributed by atoms with van der Waals surface area (Å²) in [5.41, 5.74) is 0.307. The highest BCUT2D eigenvalue weighted by Crippen LogP contribution is 2.63. The molecule has 2 saturated carbocycles. The molecule has 3 rings (SSSR count). The molecule has 94 valence electrons. The first-order chi connectivity index (χ1) is 7.98. The van der Waals surface area contributed by atoms with Crippen molar-refractivity contribution in [2.24, 2.45) is 26.7 Å². The van der Waals surface area contributed by atoms with Crippen molar-refractivity contribution in [3.05, 3.63) is 0 Å². The lowest BCUT2D eigenvalue weighted by molar-refractivity contribution is -0.128. The lowest BCUT2D eigenvalue weighted by atomic mass is 9.70. The van der Waals surface area contributed by atoms with Crippen LogP contribution in [-0.4, -0.2) is 31.3 Å². The number of nitrogens with zero attached hydrogens (tertiary/aromatic N) is 2. The maximum absolute atomic E-state index is 11.6. The summed E-state index contributed by atoms with van der Waals surface area (Å²) >= 11 is 0. The number of hydrogen-bond acceptors (Lipinski definition) is 3. The Morgan fingerprint density at radius 2 is 1.76 bits per heavy atom. The summed E-state index contributed by atoms with van der Waals surface area (Å²) in [6.45, 7) is 8.42. The zero-order valence-electron chi connectivity index (χ0n) is 11.1. The molecule has 0 unspecified atom stereocenters. The number of fused-ring (bicyclic) bond motifs is 2. The van der Waals surface area contributed by atoms with E-state index in [4.69, 9.17) is 0 Å². The summed E-state index contributed by atoms with van der Waals surface area (Å²) in [6.07, 6.45) is 6.70. The van der Waals surface area contributed by atoms with Crippen LogP contribution in [0.5, 0.6) is 0 Å². The van der Waals surface area contributed by atoms with E-state index in [1.807, 2.05) is 0 Å². The minimum atomic E-state index is 0.0255. The predicted molar refractivity (Wildman–Crippen MR) is 71.0 cm³/mol. The molecule has 0 aromatic rings. The molecule has 3 aliphatic rings. The van der Waals surface area contributed by atoms with Gasteiger partial charge < -0.3 is 0 Å². The Morgan fingerprint density at radius 3 is 1.94 bits per heavy atom. The summed E-state index contributed by atoms with van der Waals surface area (Å²) < 4.78 is 0. The van der Waals surface area contributed by atoms with Gasteiger partial charge >= 0.3 is 0 Å². The van der Waals surface area contributed by atoms with E-state index in [0.717, 1.165) is 25.9 Å². The second-order valence-corrected chi connectivity index (χ2v) is 6.03. The minimum absolute atomic E-state index is 0.0255.